The predicted molar refractivity (Wildman–Crippen MR) is 82.7 cm³/mol. The zero-order valence-electron chi connectivity index (χ0n) is 12.5. The van der Waals surface area contributed by atoms with Crippen molar-refractivity contribution in [1.29, 1.82) is 0 Å². The minimum absolute atomic E-state index is 0.205. The van der Waals surface area contributed by atoms with E-state index in [2.05, 4.69) is 4.98 Å². The van der Waals surface area contributed by atoms with E-state index in [1.807, 2.05) is 18.2 Å². The Bertz CT molecular complexity index is 610. The number of ether oxygens (including phenoxy) is 2. The molecule has 0 radical (unpaired) electrons. The van der Waals surface area contributed by atoms with Gasteiger partial charge < -0.3 is 14.6 Å². The molecule has 116 valence electrons. The first kappa shape index (κ1) is 15.8. The van der Waals surface area contributed by atoms with Crippen molar-refractivity contribution in [1.82, 2.24) is 4.98 Å². The van der Waals surface area contributed by atoms with Gasteiger partial charge in [-0.3, -0.25) is 9.78 Å². The van der Waals surface area contributed by atoms with Gasteiger partial charge in [0.25, 0.3) is 0 Å². The molecule has 1 aromatic carbocycles. The zero-order chi connectivity index (χ0) is 15.8. The van der Waals surface area contributed by atoms with Crippen LogP contribution in [0.2, 0.25) is 0 Å². The second-order valence-electron chi connectivity index (χ2n) is 4.69. The third-order valence-corrected chi connectivity index (χ3v) is 2.98. The Morgan fingerprint density at radius 1 is 1.27 bits per heavy atom. The van der Waals surface area contributed by atoms with E-state index in [1.54, 1.807) is 31.3 Å². The molecule has 2 rings (SSSR count). The molecule has 0 amide bonds. The molecule has 0 atom stereocenters. The molecule has 0 aliphatic heterocycles. The Morgan fingerprint density at radius 2 is 2.14 bits per heavy atom. The lowest BCUT2D eigenvalue weighted by molar-refractivity contribution is -0.143. The Morgan fingerprint density at radius 3 is 2.82 bits per heavy atom. The van der Waals surface area contributed by atoms with Gasteiger partial charge in [0.05, 0.1) is 25.1 Å². The second kappa shape index (κ2) is 8.02. The van der Waals surface area contributed by atoms with Gasteiger partial charge in [0.2, 0.25) is 0 Å². The van der Waals surface area contributed by atoms with Crippen LogP contribution in [0.1, 0.15) is 19.8 Å². The van der Waals surface area contributed by atoms with Gasteiger partial charge in [-0.05, 0) is 37.6 Å². The first-order chi connectivity index (χ1) is 10.7. The fraction of sp³-hybridized carbons (Fsp3) is 0.294. The predicted octanol–water partition coefficient (Wildman–Crippen LogP) is 3.18. The maximum atomic E-state index is 11.2. The maximum Gasteiger partial charge on any atom is 0.305 e. The highest BCUT2D eigenvalue weighted by atomic mass is 16.5. The average molecular weight is 301 g/mol. The summed E-state index contributed by atoms with van der Waals surface area (Å²) in [4.78, 5) is 15.5. The minimum Gasteiger partial charge on any atom is -0.508 e. The van der Waals surface area contributed by atoms with E-state index in [-0.39, 0.29) is 11.7 Å². The van der Waals surface area contributed by atoms with Crippen LogP contribution in [-0.4, -0.2) is 29.3 Å². The highest BCUT2D eigenvalue weighted by Crippen LogP contribution is 2.22. The van der Waals surface area contributed by atoms with Gasteiger partial charge in [-0.2, -0.15) is 0 Å². The number of aromatic nitrogens is 1. The van der Waals surface area contributed by atoms with E-state index in [4.69, 9.17) is 9.47 Å². The largest absolute Gasteiger partial charge is 0.508 e. The Hall–Kier alpha value is -2.56. The molecule has 1 heterocycles. The molecule has 1 aromatic heterocycles. The number of hydrogen-bond acceptors (Lipinski definition) is 5. The van der Waals surface area contributed by atoms with E-state index < -0.39 is 0 Å². The fourth-order valence-electron chi connectivity index (χ4n) is 1.94. The van der Waals surface area contributed by atoms with E-state index in [1.165, 1.54) is 0 Å². The summed E-state index contributed by atoms with van der Waals surface area (Å²) >= 11 is 0. The molecule has 0 aliphatic carbocycles. The molecule has 22 heavy (non-hydrogen) atoms. The molecule has 5 heteroatoms. The minimum atomic E-state index is -0.205. The van der Waals surface area contributed by atoms with Gasteiger partial charge in [-0.1, -0.05) is 12.1 Å². The molecule has 0 spiro atoms. The molecular weight excluding hydrogens is 282 g/mol. The van der Waals surface area contributed by atoms with Crippen molar-refractivity contribution < 1.29 is 19.4 Å². The van der Waals surface area contributed by atoms with Gasteiger partial charge in [-0.15, -0.1) is 0 Å². The lowest BCUT2D eigenvalue weighted by atomic mass is 10.1. The quantitative estimate of drug-likeness (QED) is 0.628. The van der Waals surface area contributed by atoms with Gasteiger partial charge >= 0.3 is 5.97 Å². The van der Waals surface area contributed by atoms with Gasteiger partial charge in [-0.25, -0.2) is 0 Å². The van der Waals surface area contributed by atoms with Gasteiger partial charge in [0, 0.05) is 12.0 Å². The van der Waals surface area contributed by atoms with Crippen molar-refractivity contribution in [2.45, 2.75) is 19.8 Å². The molecule has 0 unspecified atom stereocenters. The lowest BCUT2D eigenvalue weighted by Crippen LogP contribution is -2.06. The summed E-state index contributed by atoms with van der Waals surface area (Å²) in [6.07, 6.45) is 2.58. The number of aromatic hydroxyl groups is 1. The van der Waals surface area contributed by atoms with Crippen molar-refractivity contribution in [3.8, 4) is 22.8 Å². The molecule has 1 N–H and O–H groups in total. The average Bonchev–Trinajstić information content (AvgIpc) is 2.52. The van der Waals surface area contributed by atoms with E-state index in [0.29, 0.717) is 31.8 Å². The van der Waals surface area contributed by atoms with Crippen LogP contribution in [0.15, 0.2) is 42.6 Å². The van der Waals surface area contributed by atoms with Crippen LogP contribution in [0.25, 0.3) is 11.3 Å². The zero-order valence-corrected chi connectivity index (χ0v) is 12.5. The molecular formula is C17H19NO4. The van der Waals surface area contributed by atoms with Crippen LogP contribution >= 0.6 is 0 Å². The number of nitrogens with zero attached hydrogens (tertiary/aromatic N) is 1. The van der Waals surface area contributed by atoms with E-state index in [0.717, 1.165) is 11.3 Å². The number of carbonyl (C=O) groups excluding carboxylic acids is 1. The van der Waals surface area contributed by atoms with Crippen LogP contribution in [-0.2, 0) is 9.53 Å². The van der Waals surface area contributed by atoms with Crippen LogP contribution in [0, 0.1) is 0 Å². The second-order valence-corrected chi connectivity index (χ2v) is 4.69. The van der Waals surface area contributed by atoms with Crippen LogP contribution in [0.5, 0.6) is 11.5 Å². The van der Waals surface area contributed by atoms with Crippen molar-refractivity contribution in [3.63, 3.8) is 0 Å². The first-order valence-electron chi connectivity index (χ1n) is 7.23. The fourth-order valence-corrected chi connectivity index (χ4v) is 1.94. The molecule has 2 aromatic rings. The van der Waals surface area contributed by atoms with Crippen molar-refractivity contribution in [2.75, 3.05) is 13.2 Å². The lowest BCUT2D eigenvalue weighted by Gasteiger charge is -2.07. The Balaban J connectivity index is 1.83. The van der Waals surface area contributed by atoms with Crippen molar-refractivity contribution >= 4 is 5.97 Å². The topological polar surface area (TPSA) is 68.7 Å². The summed E-state index contributed by atoms with van der Waals surface area (Å²) < 4.78 is 10.4. The van der Waals surface area contributed by atoms with Gasteiger partial charge in [0.1, 0.15) is 11.5 Å². The smallest absolute Gasteiger partial charge is 0.305 e. The van der Waals surface area contributed by atoms with E-state index in [9.17, 15) is 9.90 Å². The standard InChI is InChI=1S/C17H19NO4/c1-2-21-17(20)7-4-10-22-15-8-9-16(18-12-15)13-5-3-6-14(19)11-13/h3,5-6,8-9,11-12,19H,2,4,7,10H2,1H3. The van der Waals surface area contributed by atoms with Crippen LogP contribution < -0.4 is 4.74 Å². The van der Waals surface area contributed by atoms with Crippen LogP contribution in [0.4, 0.5) is 0 Å². The molecule has 5 nitrogen and oxygen atoms in total. The summed E-state index contributed by atoms with van der Waals surface area (Å²) in [6, 6.07) is 10.6. The highest BCUT2D eigenvalue weighted by Gasteiger charge is 2.03. The maximum absolute atomic E-state index is 11.2. The number of pyridine rings is 1. The number of benzene rings is 1. The Labute approximate surface area is 129 Å². The number of esters is 1. The van der Waals surface area contributed by atoms with E-state index >= 15 is 0 Å². The Kier molecular flexibility index (Phi) is 5.77. The third-order valence-electron chi connectivity index (χ3n) is 2.98. The first-order valence-corrected chi connectivity index (χ1v) is 7.23. The summed E-state index contributed by atoms with van der Waals surface area (Å²) in [5.74, 6) is 0.648. The number of phenols is 1. The number of hydrogen-bond donors (Lipinski definition) is 1. The monoisotopic (exact) mass is 301 g/mol. The molecule has 0 fully saturated rings. The molecule has 0 bridgehead atoms. The third kappa shape index (κ3) is 4.77. The van der Waals surface area contributed by atoms with Crippen molar-refractivity contribution in [3.05, 3.63) is 42.6 Å². The molecule has 0 saturated carbocycles. The highest BCUT2D eigenvalue weighted by molar-refractivity contribution is 5.69. The SMILES string of the molecule is CCOC(=O)CCCOc1ccc(-c2cccc(O)c2)nc1. The summed E-state index contributed by atoms with van der Waals surface area (Å²) in [6.45, 7) is 2.63. The molecule has 0 saturated heterocycles. The summed E-state index contributed by atoms with van der Waals surface area (Å²) in [5.41, 5.74) is 1.60. The van der Waals surface area contributed by atoms with Crippen LogP contribution in [0.3, 0.4) is 0 Å². The number of phenolic OH excluding ortho intramolecular Hbond substituents is 1. The van der Waals surface area contributed by atoms with Crippen molar-refractivity contribution in [2.24, 2.45) is 0 Å². The number of carbonyl (C=O) groups is 1. The molecule has 0 aliphatic rings. The van der Waals surface area contributed by atoms with Gasteiger partial charge in [0.15, 0.2) is 0 Å². The summed E-state index contributed by atoms with van der Waals surface area (Å²) in [7, 11) is 0. The number of rotatable bonds is 7. The summed E-state index contributed by atoms with van der Waals surface area (Å²) in [5, 5.41) is 9.47. The normalized spacial score (nSPS) is 10.2.